The molecule has 0 atom stereocenters. The van der Waals surface area contributed by atoms with Crippen LogP contribution in [0.25, 0.3) is 22.1 Å². The molecule has 8 rings (SSSR count). The van der Waals surface area contributed by atoms with Gasteiger partial charge in [0.1, 0.15) is 0 Å². The van der Waals surface area contributed by atoms with Crippen molar-refractivity contribution in [2.75, 3.05) is 0 Å². The molecule has 0 saturated carbocycles. The van der Waals surface area contributed by atoms with Gasteiger partial charge < -0.3 is 52.2 Å². The van der Waals surface area contributed by atoms with Gasteiger partial charge in [-0.05, 0) is 22.3 Å². The first kappa shape index (κ1) is 40.7. The van der Waals surface area contributed by atoms with E-state index in [2.05, 4.69) is 201 Å². The quantitative estimate of drug-likeness (QED) is 0.126. The molecule has 0 amide bonds. The fraction of sp³-hybridized carbons (Fsp3) is 0.0952. The molecule has 0 aliphatic heterocycles. The molecule has 0 bridgehead atoms. The predicted octanol–water partition coefficient (Wildman–Crippen LogP) is 1.65. The first-order valence-electron chi connectivity index (χ1n) is 15.8. The summed E-state index contributed by atoms with van der Waals surface area (Å²) in [5.74, 6) is 0. The normalized spacial score (nSPS) is 10.1. The molecule has 0 fully saturated rings. The third-order valence-corrected chi connectivity index (χ3v) is 8.14. The number of hydrogen-bond acceptors (Lipinski definition) is 0. The van der Waals surface area contributed by atoms with E-state index in [9.17, 15) is 0 Å². The summed E-state index contributed by atoms with van der Waals surface area (Å²) in [7, 11) is 0. The first-order chi connectivity index (χ1) is 22.8. The molecule has 0 saturated heterocycles. The molecular formula is C42H36Br2Cu2N4. The molecule has 8 heteroatoms. The van der Waals surface area contributed by atoms with Crippen LogP contribution < -0.4 is 43.1 Å². The Balaban J connectivity index is 0.000000250. The summed E-state index contributed by atoms with van der Waals surface area (Å²) in [6.45, 7) is 3.35. The van der Waals surface area contributed by atoms with E-state index in [1.54, 1.807) is 0 Å². The van der Waals surface area contributed by atoms with Crippen molar-refractivity contribution in [3.8, 4) is 0 Å². The number of rotatable bonds is 8. The van der Waals surface area contributed by atoms with Crippen molar-refractivity contribution in [1.29, 1.82) is 0 Å². The van der Waals surface area contributed by atoms with Crippen LogP contribution in [0.2, 0.25) is 0 Å². The van der Waals surface area contributed by atoms with Crippen LogP contribution in [0.15, 0.2) is 170 Å². The summed E-state index contributed by atoms with van der Waals surface area (Å²) in [6.07, 6.45) is 7.04. The number of aromatic nitrogens is 4. The van der Waals surface area contributed by atoms with Gasteiger partial charge in [-0.15, -0.1) is 0 Å². The summed E-state index contributed by atoms with van der Waals surface area (Å²) in [6, 6.07) is 59.1. The molecule has 0 aliphatic rings. The van der Waals surface area contributed by atoms with E-state index in [0.29, 0.717) is 0 Å². The van der Waals surface area contributed by atoms with Crippen molar-refractivity contribution < 1.29 is 77.2 Å². The molecule has 0 spiro atoms. The van der Waals surface area contributed by atoms with Crippen molar-refractivity contribution in [3.63, 3.8) is 0 Å². The van der Waals surface area contributed by atoms with Gasteiger partial charge >= 0.3 is 34.1 Å². The molecule has 8 aromatic rings. The van der Waals surface area contributed by atoms with Gasteiger partial charge in [0.25, 0.3) is 0 Å². The van der Waals surface area contributed by atoms with Crippen molar-refractivity contribution >= 4 is 22.1 Å². The Morgan fingerprint density at radius 1 is 0.360 bits per heavy atom. The minimum Gasteiger partial charge on any atom is -1.00 e. The van der Waals surface area contributed by atoms with E-state index in [0.717, 1.165) is 26.2 Å². The van der Waals surface area contributed by atoms with Crippen LogP contribution in [0.3, 0.4) is 0 Å². The molecule has 0 aliphatic carbocycles. The molecule has 260 valence electrons. The number of para-hydroxylation sites is 4. The summed E-state index contributed by atoms with van der Waals surface area (Å²) in [5.41, 5.74) is 10.0. The van der Waals surface area contributed by atoms with Crippen molar-refractivity contribution in [2.24, 2.45) is 0 Å². The Hall–Kier alpha value is -3.74. The van der Waals surface area contributed by atoms with E-state index in [-0.39, 0.29) is 68.1 Å². The monoisotopic (exact) mass is 880 g/mol. The van der Waals surface area contributed by atoms with Gasteiger partial charge in [-0.3, -0.25) is 0 Å². The number of hydrogen-bond donors (Lipinski definition) is 0. The van der Waals surface area contributed by atoms with E-state index >= 15 is 0 Å². The van der Waals surface area contributed by atoms with Crippen molar-refractivity contribution in [3.05, 3.63) is 205 Å². The van der Waals surface area contributed by atoms with Gasteiger partial charge in [0, 0.05) is 22.1 Å². The number of fused-ring (bicyclic) bond motifs is 2. The van der Waals surface area contributed by atoms with Crippen LogP contribution >= 0.6 is 0 Å². The topological polar surface area (TPSA) is 17.6 Å². The zero-order valence-electron chi connectivity index (χ0n) is 27.1. The smallest absolute Gasteiger partial charge is 1.00 e. The second kappa shape index (κ2) is 20.2. The molecule has 4 nitrogen and oxygen atoms in total. The average molecular weight is 884 g/mol. The zero-order chi connectivity index (χ0) is 31.0. The summed E-state index contributed by atoms with van der Waals surface area (Å²) in [4.78, 5) is 0. The number of imidazole rings is 2. The van der Waals surface area contributed by atoms with Crippen molar-refractivity contribution in [1.82, 2.24) is 9.13 Å². The van der Waals surface area contributed by atoms with Crippen LogP contribution in [-0.4, -0.2) is 9.13 Å². The largest absolute Gasteiger partial charge is 1.00 e. The SMILES string of the molecule is [Br-].[Br-].[Cu+].[Cu+].[c-]1n(Cc2ccccc2)c2ccccc2[n+]1Cc1ccccc1.[c-]1n(Cc2ccccc2)c2ccccc2[n+]1Cc1ccccc1. The third-order valence-electron chi connectivity index (χ3n) is 8.14. The molecule has 6 aromatic carbocycles. The Morgan fingerprint density at radius 2 is 0.640 bits per heavy atom. The molecule has 0 N–H and O–H groups in total. The Labute approximate surface area is 336 Å². The summed E-state index contributed by atoms with van der Waals surface area (Å²) in [5, 5.41) is 0. The molecule has 50 heavy (non-hydrogen) atoms. The molecule has 0 unspecified atom stereocenters. The minimum atomic E-state index is 0. The van der Waals surface area contributed by atoms with Crippen LogP contribution in [0.1, 0.15) is 22.3 Å². The number of halogens is 2. The Morgan fingerprint density at radius 3 is 0.980 bits per heavy atom. The van der Waals surface area contributed by atoms with Crippen LogP contribution in [0.5, 0.6) is 0 Å². The van der Waals surface area contributed by atoms with Crippen molar-refractivity contribution in [2.45, 2.75) is 26.2 Å². The maximum absolute atomic E-state index is 3.52. The van der Waals surface area contributed by atoms with Crippen LogP contribution in [0.4, 0.5) is 0 Å². The Kier molecular flexibility index (Phi) is 16.4. The fourth-order valence-electron chi connectivity index (χ4n) is 5.89. The zero-order valence-corrected chi connectivity index (χ0v) is 32.2. The minimum absolute atomic E-state index is 0. The van der Waals surface area contributed by atoms with Crippen LogP contribution in [0, 0.1) is 12.7 Å². The average Bonchev–Trinajstić information content (AvgIpc) is 3.64. The van der Waals surface area contributed by atoms with Gasteiger partial charge in [-0.25, -0.2) is 0 Å². The predicted molar refractivity (Wildman–Crippen MR) is 184 cm³/mol. The molecular weight excluding hydrogens is 847 g/mol. The summed E-state index contributed by atoms with van der Waals surface area (Å²) < 4.78 is 8.81. The van der Waals surface area contributed by atoms with Crippen LogP contribution in [-0.2, 0) is 60.3 Å². The second-order valence-electron chi connectivity index (χ2n) is 11.5. The standard InChI is InChI=1S/2C21H18N2.2BrH.2Cu/c2*1-3-9-18(10-4-1)15-22-17-23(16-19-11-5-2-6-12-19)21-14-8-7-13-20(21)22;;;;/h2*1-14H,15-16H2;2*1H;;/q;;;;2*+1/p-2. The molecule has 2 heterocycles. The molecule has 0 radical (unpaired) electrons. The second-order valence-corrected chi connectivity index (χ2v) is 11.5. The summed E-state index contributed by atoms with van der Waals surface area (Å²) >= 11 is 0. The van der Waals surface area contributed by atoms with Gasteiger partial charge in [-0.2, -0.15) is 0 Å². The van der Waals surface area contributed by atoms with Gasteiger partial charge in [0.2, 0.25) is 12.7 Å². The van der Waals surface area contributed by atoms with E-state index in [4.69, 9.17) is 0 Å². The van der Waals surface area contributed by atoms with E-state index in [1.165, 1.54) is 44.3 Å². The van der Waals surface area contributed by atoms with E-state index in [1.807, 2.05) is 0 Å². The third kappa shape index (κ3) is 10.2. The maximum atomic E-state index is 3.52. The van der Waals surface area contributed by atoms with Gasteiger partial charge in [-0.1, -0.05) is 170 Å². The van der Waals surface area contributed by atoms with Gasteiger partial charge in [0.05, 0.1) is 26.2 Å². The maximum Gasteiger partial charge on any atom is 1.00 e. The number of benzene rings is 6. The van der Waals surface area contributed by atoms with E-state index < -0.39 is 0 Å². The van der Waals surface area contributed by atoms with Gasteiger partial charge in [0.15, 0.2) is 0 Å². The number of nitrogens with zero attached hydrogens (tertiary/aromatic N) is 4. The molecule has 2 aromatic heterocycles. The first-order valence-corrected chi connectivity index (χ1v) is 15.8. The fourth-order valence-corrected chi connectivity index (χ4v) is 5.89. The Bertz CT molecular complexity index is 1850.